The van der Waals surface area contributed by atoms with Crippen molar-refractivity contribution in [3.8, 4) is 10.7 Å². The lowest BCUT2D eigenvalue weighted by Gasteiger charge is -2.28. The predicted molar refractivity (Wildman–Crippen MR) is 71.0 cm³/mol. The van der Waals surface area contributed by atoms with E-state index in [9.17, 15) is 0 Å². The highest BCUT2D eigenvalue weighted by Gasteiger charge is 2.22. The Bertz CT molecular complexity index is 467. The Morgan fingerprint density at radius 2 is 2.12 bits per heavy atom. The van der Waals surface area contributed by atoms with Crippen molar-refractivity contribution in [1.82, 2.24) is 9.55 Å². The molecule has 1 aliphatic carbocycles. The molecule has 0 bridgehead atoms. The molecule has 2 aromatic heterocycles. The van der Waals surface area contributed by atoms with E-state index in [1.807, 2.05) is 6.20 Å². The van der Waals surface area contributed by atoms with Crippen LogP contribution in [0.1, 0.15) is 31.7 Å². The number of nitrogens with two attached hydrogens (primary N) is 1. The quantitative estimate of drug-likeness (QED) is 0.886. The molecule has 1 fully saturated rings. The zero-order chi connectivity index (χ0) is 11.7. The molecule has 90 valence electrons. The second kappa shape index (κ2) is 4.63. The van der Waals surface area contributed by atoms with E-state index in [1.165, 1.54) is 17.7 Å². The van der Waals surface area contributed by atoms with E-state index in [0.29, 0.717) is 12.1 Å². The van der Waals surface area contributed by atoms with E-state index in [0.717, 1.165) is 18.7 Å². The SMILES string of the molecule is NC1CCC(n2ccnc2-c2cccs2)CC1. The summed E-state index contributed by atoms with van der Waals surface area (Å²) >= 11 is 1.75. The highest BCUT2D eigenvalue weighted by Crippen LogP contribution is 2.32. The van der Waals surface area contributed by atoms with Crippen LogP contribution in [0.3, 0.4) is 0 Å². The maximum atomic E-state index is 5.96. The largest absolute Gasteiger partial charge is 0.328 e. The Morgan fingerprint density at radius 1 is 1.29 bits per heavy atom. The lowest BCUT2D eigenvalue weighted by Crippen LogP contribution is -2.27. The number of aromatic nitrogens is 2. The Balaban J connectivity index is 1.86. The molecule has 2 aromatic rings. The lowest BCUT2D eigenvalue weighted by molar-refractivity contribution is 0.326. The standard InChI is InChI=1S/C13H17N3S/c14-10-3-5-11(6-4-10)16-8-7-15-13(16)12-2-1-9-17-12/h1-2,7-11H,3-6,14H2. The van der Waals surface area contributed by atoms with Gasteiger partial charge in [-0.1, -0.05) is 6.07 Å². The Morgan fingerprint density at radius 3 is 2.82 bits per heavy atom. The smallest absolute Gasteiger partial charge is 0.150 e. The monoisotopic (exact) mass is 247 g/mol. The summed E-state index contributed by atoms with van der Waals surface area (Å²) in [6.45, 7) is 0. The van der Waals surface area contributed by atoms with Gasteiger partial charge >= 0.3 is 0 Å². The molecule has 1 aliphatic rings. The van der Waals surface area contributed by atoms with Crippen LogP contribution in [0.5, 0.6) is 0 Å². The third kappa shape index (κ3) is 2.15. The minimum absolute atomic E-state index is 0.403. The average molecular weight is 247 g/mol. The first-order valence-corrected chi connectivity index (χ1v) is 7.05. The van der Waals surface area contributed by atoms with Crippen molar-refractivity contribution in [2.24, 2.45) is 5.73 Å². The molecule has 17 heavy (non-hydrogen) atoms. The van der Waals surface area contributed by atoms with E-state index in [-0.39, 0.29) is 0 Å². The Hall–Kier alpha value is -1.13. The number of thiophene rings is 1. The highest BCUT2D eigenvalue weighted by molar-refractivity contribution is 7.13. The molecule has 0 aliphatic heterocycles. The van der Waals surface area contributed by atoms with Crippen molar-refractivity contribution in [2.75, 3.05) is 0 Å². The minimum Gasteiger partial charge on any atom is -0.328 e. The molecule has 0 atom stereocenters. The van der Waals surface area contributed by atoms with Crippen LogP contribution in [0, 0.1) is 0 Å². The predicted octanol–water partition coefficient (Wildman–Crippen LogP) is 3.05. The van der Waals surface area contributed by atoms with Crippen molar-refractivity contribution in [3.05, 3.63) is 29.9 Å². The fourth-order valence-electron chi connectivity index (χ4n) is 2.58. The molecule has 4 heteroatoms. The van der Waals surface area contributed by atoms with Gasteiger partial charge in [-0.3, -0.25) is 0 Å². The van der Waals surface area contributed by atoms with Crippen LogP contribution in [0.2, 0.25) is 0 Å². The number of imidazole rings is 1. The maximum absolute atomic E-state index is 5.96. The van der Waals surface area contributed by atoms with Gasteiger partial charge in [0.05, 0.1) is 4.88 Å². The zero-order valence-electron chi connectivity index (χ0n) is 9.75. The molecule has 2 N–H and O–H groups in total. The fourth-order valence-corrected chi connectivity index (χ4v) is 3.31. The summed E-state index contributed by atoms with van der Waals surface area (Å²) in [6, 6.07) is 5.20. The van der Waals surface area contributed by atoms with E-state index in [1.54, 1.807) is 11.3 Å². The first kappa shape index (κ1) is 11.0. The van der Waals surface area contributed by atoms with Gasteiger partial charge in [0.15, 0.2) is 0 Å². The van der Waals surface area contributed by atoms with Crippen LogP contribution in [0.15, 0.2) is 29.9 Å². The van der Waals surface area contributed by atoms with Gasteiger partial charge in [0.2, 0.25) is 0 Å². The number of nitrogens with zero attached hydrogens (tertiary/aromatic N) is 2. The normalized spacial score (nSPS) is 25.0. The van der Waals surface area contributed by atoms with Crippen LogP contribution in [0.25, 0.3) is 10.7 Å². The average Bonchev–Trinajstić information content (AvgIpc) is 3.00. The first-order valence-electron chi connectivity index (χ1n) is 6.17. The Labute approximate surface area is 105 Å². The van der Waals surface area contributed by atoms with Gasteiger partial charge in [-0.15, -0.1) is 11.3 Å². The summed E-state index contributed by atoms with van der Waals surface area (Å²) in [5, 5.41) is 2.10. The topological polar surface area (TPSA) is 43.8 Å². The third-order valence-corrected chi connectivity index (χ3v) is 4.41. The summed E-state index contributed by atoms with van der Waals surface area (Å²) in [5.41, 5.74) is 5.96. The molecular weight excluding hydrogens is 230 g/mol. The zero-order valence-corrected chi connectivity index (χ0v) is 10.6. The molecule has 0 saturated heterocycles. The van der Waals surface area contributed by atoms with Gasteiger partial charge in [-0.25, -0.2) is 4.98 Å². The molecule has 0 spiro atoms. The first-order chi connectivity index (χ1) is 8.34. The van der Waals surface area contributed by atoms with Gasteiger partial charge in [-0.05, 0) is 37.1 Å². The maximum Gasteiger partial charge on any atom is 0.150 e. The van der Waals surface area contributed by atoms with Crippen LogP contribution >= 0.6 is 11.3 Å². The minimum atomic E-state index is 0.403. The van der Waals surface area contributed by atoms with Gasteiger partial charge in [0.25, 0.3) is 0 Å². The van der Waals surface area contributed by atoms with Crippen LogP contribution < -0.4 is 5.73 Å². The summed E-state index contributed by atoms with van der Waals surface area (Å²) < 4.78 is 2.33. The van der Waals surface area contributed by atoms with Gasteiger partial charge in [-0.2, -0.15) is 0 Å². The Kier molecular flexibility index (Phi) is 2.99. The van der Waals surface area contributed by atoms with Crippen molar-refractivity contribution in [3.63, 3.8) is 0 Å². The van der Waals surface area contributed by atoms with Gasteiger partial charge < -0.3 is 10.3 Å². The van der Waals surface area contributed by atoms with E-state index in [2.05, 4.69) is 33.3 Å². The molecule has 1 saturated carbocycles. The van der Waals surface area contributed by atoms with Crippen molar-refractivity contribution < 1.29 is 0 Å². The van der Waals surface area contributed by atoms with Crippen molar-refractivity contribution in [2.45, 2.75) is 37.8 Å². The van der Waals surface area contributed by atoms with E-state index in [4.69, 9.17) is 5.73 Å². The number of rotatable bonds is 2. The third-order valence-electron chi connectivity index (χ3n) is 3.54. The van der Waals surface area contributed by atoms with Gasteiger partial charge in [0.1, 0.15) is 5.82 Å². The second-order valence-electron chi connectivity index (χ2n) is 4.70. The molecule has 3 rings (SSSR count). The number of hydrogen-bond donors (Lipinski definition) is 1. The summed E-state index contributed by atoms with van der Waals surface area (Å²) in [5.74, 6) is 1.11. The molecule has 0 unspecified atom stereocenters. The molecule has 0 aromatic carbocycles. The molecular formula is C13H17N3S. The van der Waals surface area contributed by atoms with Crippen LogP contribution in [-0.4, -0.2) is 15.6 Å². The van der Waals surface area contributed by atoms with E-state index >= 15 is 0 Å². The second-order valence-corrected chi connectivity index (χ2v) is 5.65. The summed E-state index contributed by atoms with van der Waals surface area (Å²) in [7, 11) is 0. The lowest BCUT2D eigenvalue weighted by atomic mass is 9.91. The highest BCUT2D eigenvalue weighted by atomic mass is 32.1. The van der Waals surface area contributed by atoms with E-state index < -0.39 is 0 Å². The fraction of sp³-hybridized carbons (Fsp3) is 0.462. The van der Waals surface area contributed by atoms with Crippen LogP contribution in [-0.2, 0) is 0 Å². The summed E-state index contributed by atoms with van der Waals surface area (Å²) in [4.78, 5) is 5.75. The summed E-state index contributed by atoms with van der Waals surface area (Å²) in [6.07, 6.45) is 8.63. The molecule has 0 radical (unpaired) electrons. The number of hydrogen-bond acceptors (Lipinski definition) is 3. The van der Waals surface area contributed by atoms with Gasteiger partial charge in [0, 0.05) is 24.5 Å². The molecule has 0 amide bonds. The van der Waals surface area contributed by atoms with Crippen molar-refractivity contribution >= 4 is 11.3 Å². The molecule has 2 heterocycles. The van der Waals surface area contributed by atoms with Crippen LogP contribution in [0.4, 0.5) is 0 Å². The van der Waals surface area contributed by atoms with Crippen molar-refractivity contribution in [1.29, 1.82) is 0 Å². The molecule has 3 nitrogen and oxygen atoms in total.